The van der Waals surface area contributed by atoms with E-state index in [4.69, 9.17) is 0 Å². The molecule has 12 atom stereocenters. The zero-order valence-corrected chi connectivity index (χ0v) is 68.1. The van der Waals surface area contributed by atoms with Gasteiger partial charge in [0.15, 0.2) is 0 Å². The van der Waals surface area contributed by atoms with Gasteiger partial charge in [0.1, 0.15) is 63.2 Å². The van der Waals surface area contributed by atoms with Gasteiger partial charge in [-0.05, 0) is 173 Å². The van der Waals surface area contributed by atoms with E-state index in [0.717, 1.165) is 65.9 Å². The second-order valence-corrected chi connectivity index (χ2v) is 38.2. The summed E-state index contributed by atoms with van der Waals surface area (Å²) in [7, 11) is 10.1. The SMILES string of the molecule is C[N+](C)(C)c1ccc(C2C3C=CC(N3)C(c3ccc([N+](C)(C)C)cc3)C3CCC(N3)C(c3ccc([N+](C)(C)C)cc3)C3C=CC(N3)C(c3ccc([N+](C)(C)C)cc3)C3CCC2N3)cc1.Cc1ccc(S(=O)(=O)[O-])cc1.Cc1ccc(S(=O)(=O)[O-])cc1.Cc1ccc(S(=O)(=O)[O-])cc1.Cc1ccc(S(=O)(=O)[O-])cc1. The van der Waals surface area contributed by atoms with Crippen molar-refractivity contribution in [2.24, 2.45) is 0 Å². The van der Waals surface area contributed by atoms with Gasteiger partial charge in [-0.3, -0.25) is 17.9 Å². The third kappa shape index (κ3) is 22.4. The molecule has 20 nitrogen and oxygen atoms in total. The molecule has 0 radical (unpaired) electrons. The standard InChI is InChI=1S/C56H80N8.4C7H8O3S/c1-61(2,3)41-21-13-37(14-22-41)53-45-29-31-47(57-45)54(38-15-23-42(24-16-38)62(4,5)6)49-33-35-51(59-49)56(40-19-27-44(28-20-40)64(10,11)12)52-36-34-50(60-52)55(48-32-30-46(53)58-48)39-17-25-43(26-18-39)63(7,8)9;4*1-6-2-4-7(5-3-6)11(8,9)10/h13-29,31,34,36,45-60H,30,32-33,35H2,1-12H3;4*2-5H,1H3,(H,8,9,10)/q+4;;;;/p-4. The first-order valence-corrected chi connectivity index (χ1v) is 42.0. The van der Waals surface area contributed by atoms with Crippen LogP contribution in [0.2, 0.25) is 0 Å². The van der Waals surface area contributed by atoms with E-state index in [2.05, 4.69) is 227 Å². The first-order valence-electron chi connectivity index (χ1n) is 36.4. The van der Waals surface area contributed by atoms with Crippen molar-refractivity contribution in [3.05, 3.63) is 263 Å². The third-order valence-corrected chi connectivity index (χ3v) is 24.4. The van der Waals surface area contributed by atoms with Crippen LogP contribution >= 0.6 is 0 Å². The van der Waals surface area contributed by atoms with Crippen LogP contribution in [0, 0.1) is 27.7 Å². The highest BCUT2D eigenvalue weighted by Gasteiger charge is 2.48. The predicted molar refractivity (Wildman–Crippen MR) is 431 cm³/mol. The molecule has 12 unspecified atom stereocenters. The molecule has 8 bridgehead atoms. The number of benzene rings is 8. The van der Waals surface area contributed by atoms with Crippen molar-refractivity contribution in [2.45, 2.75) is 145 Å². The Bertz CT molecular complexity index is 4250. The van der Waals surface area contributed by atoms with Crippen LogP contribution in [-0.4, -0.2) is 185 Å². The molecule has 8 aromatic carbocycles. The molecule has 3 fully saturated rings. The highest BCUT2D eigenvalue weighted by molar-refractivity contribution is 7.86. The van der Waals surface area contributed by atoms with E-state index >= 15 is 0 Å². The van der Waals surface area contributed by atoms with Crippen LogP contribution < -0.4 is 39.2 Å². The Hall–Kier alpha value is -7.44. The van der Waals surface area contributed by atoms with E-state index < -0.39 is 40.5 Å². The molecule has 0 saturated carbocycles. The molecule has 5 aliphatic rings. The minimum absolute atomic E-state index is 0.178. The first kappa shape index (κ1) is 84.6. The maximum absolute atomic E-state index is 10.4. The Labute approximate surface area is 642 Å². The zero-order chi connectivity index (χ0) is 79.3. The van der Waals surface area contributed by atoms with E-state index in [0.29, 0.717) is 24.2 Å². The molecule has 580 valence electrons. The van der Waals surface area contributed by atoms with Crippen molar-refractivity contribution in [3.63, 3.8) is 0 Å². The molecule has 24 heteroatoms. The topological polar surface area (TPSA) is 277 Å². The molecule has 4 N–H and O–H groups in total. The Balaban J connectivity index is 0.000000242. The maximum atomic E-state index is 10.4. The van der Waals surface area contributed by atoms with Crippen LogP contribution in [-0.2, 0) is 40.5 Å². The highest BCUT2D eigenvalue weighted by Crippen LogP contribution is 2.45. The lowest BCUT2D eigenvalue weighted by Crippen LogP contribution is -2.52. The molecule has 0 amide bonds. The molecule has 0 spiro atoms. The Kier molecular flexibility index (Phi) is 26.7. The van der Waals surface area contributed by atoms with E-state index in [9.17, 15) is 51.9 Å². The highest BCUT2D eigenvalue weighted by atomic mass is 32.2. The molecular formula is C84H108N8O12S4. The molecule has 13 rings (SSSR count). The van der Waals surface area contributed by atoms with Crippen LogP contribution in [0.1, 0.15) is 93.9 Å². The summed E-state index contributed by atoms with van der Waals surface area (Å²) in [6, 6.07) is 63.7. The number of nitrogens with zero attached hydrogens (tertiary/aromatic N) is 4. The second kappa shape index (κ2) is 34.0. The average Bonchev–Trinajstić information content (AvgIpc) is 1.61. The van der Waals surface area contributed by atoms with E-state index in [1.54, 1.807) is 48.5 Å². The van der Waals surface area contributed by atoms with Crippen molar-refractivity contribution < 1.29 is 51.9 Å². The van der Waals surface area contributed by atoms with Gasteiger partial charge in [-0.2, -0.15) is 0 Å². The van der Waals surface area contributed by atoms with Crippen LogP contribution in [0.15, 0.2) is 238 Å². The Morgan fingerprint density at radius 3 is 0.546 bits per heavy atom. The molecule has 5 heterocycles. The number of aryl methyl sites for hydroxylation is 4. The van der Waals surface area contributed by atoms with Gasteiger partial charge in [-0.25, -0.2) is 33.7 Å². The van der Waals surface area contributed by atoms with Gasteiger partial charge in [-0.15, -0.1) is 0 Å². The van der Waals surface area contributed by atoms with Crippen LogP contribution in [0.25, 0.3) is 0 Å². The maximum Gasteiger partial charge on any atom is 0.132 e. The molecule has 108 heavy (non-hydrogen) atoms. The molecule has 5 aliphatic heterocycles. The minimum atomic E-state index is -4.27. The number of nitrogens with one attached hydrogen (secondary N) is 4. The van der Waals surface area contributed by atoms with Gasteiger partial charge in [0.25, 0.3) is 0 Å². The van der Waals surface area contributed by atoms with Gasteiger partial charge < -0.3 is 39.5 Å². The van der Waals surface area contributed by atoms with Crippen molar-refractivity contribution in [3.8, 4) is 0 Å². The summed E-state index contributed by atoms with van der Waals surface area (Å²) in [5, 5.41) is 17.5. The van der Waals surface area contributed by atoms with Gasteiger partial charge in [0.2, 0.25) is 0 Å². The van der Waals surface area contributed by atoms with E-state index in [1.165, 1.54) is 93.5 Å². The summed E-state index contributed by atoms with van der Waals surface area (Å²) in [5.41, 5.74) is 14.7. The minimum Gasteiger partial charge on any atom is -0.744 e. The van der Waals surface area contributed by atoms with Crippen LogP contribution in [0.3, 0.4) is 0 Å². The fraction of sp³-hybridized carbons (Fsp3) is 0.381. The fourth-order valence-corrected chi connectivity index (χ4v) is 16.8. The predicted octanol–water partition coefficient (Wildman–Crippen LogP) is 11.6. The number of hydrogen-bond acceptors (Lipinski definition) is 16. The largest absolute Gasteiger partial charge is 0.744 e. The summed E-state index contributed by atoms with van der Waals surface area (Å²) in [5.74, 6) is 1.13. The van der Waals surface area contributed by atoms with E-state index in [1.807, 2.05) is 27.7 Å². The quantitative estimate of drug-likeness (QED) is 0.0503. The summed E-state index contributed by atoms with van der Waals surface area (Å²) < 4.78 is 128. The summed E-state index contributed by atoms with van der Waals surface area (Å²) in [4.78, 5) is -0.711. The second-order valence-electron chi connectivity index (χ2n) is 32.7. The van der Waals surface area contributed by atoms with Gasteiger partial charge in [-0.1, -0.05) is 144 Å². The number of hydrogen-bond donors (Lipinski definition) is 4. The summed E-state index contributed by atoms with van der Waals surface area (Å²) in [6.07, 6.45) is 14.7. The fourth-order valence-electron chi connectivity index (χ4n) is 14.9. The third-order valence-electron chi connectivity index (χ3n) is 21.0. The monoisotopic (exact) mass is 1550 g/mol. The van der Waals surface area contributed by atoms with Gasteiger partial charge in [0.05, 0.1) is 104 Å². The molecular weight excluding hydrogens is 1440 g/mol. The summed E-state index contributed by atoms with van der Waals surface area (Å²) >= 11 is 0. The van der Waals surface area contributed by atoms with Crippen molar-refractivity contribution in [1.29, 1.82) is 0 Å². The molecule has 0 aromatic heterocycles. The van der Waals surface area contributed by atoms with Crippen molar-refractivity contribution in [1.82, 2.24) is 39.2 Å². The van der Waals surface area contributed by atoms with Gasteiger partial charge >= 0.3 is 0 Å². The number of rotatable bonds is 12. The van der Waals surface area contributed by atoms with E-state index in [-0.39, 0.29) is 67.4 Å². The van der Waals surface area contributed by atoms with Crippen LogP contribution in [0.5, 0.6) is 0 Å². The lowest BCUT2D eigenvalue weighted by Gasteiger charge is -2.38. The smallest absolute Gasteiger partial charge is 0.132 e. The Morgan fingerprint density at radius 2 is 0.407 bits per heavy atom. The molecule has 8 aromatic rings. The first-order chi connectivity index (χ1) is 50.2. The molecule has 3 saturated heterocycles. The zero-order valence-electron chi connectivity index (χ0n) is 64.9. The number of fused-ring (bicyclic) bond motifs is 8. The van der Waals surface area contributed by atoms with Crippen LogP contribution in [0.4, 0.5) is 22.7 Å². The molecule has 0 aliphatic carbocycles. The average molecular weight is 1550 g/mol. The lowest BCUT2D eigenvalue weighted by atomic mass is 9.83. The van der Waals surface area contributed by atoms with Crippen molar-refractivity contribution >= 4 is 63.2 Å². The van der Waals surface area contributed by atoms with Crippen molar-refractivity contribution in [2.75, 3.05) is 84.6 Å². The summed E-state index contributed by atoms with van der Waals surface area (Å²) in [6.45, 7) is 7.28. The lowest BCUT2D eigenvalue weighted by molar-refractivity contribution is 0.317. The van der Waals surface area contributed by atoms with Gasteiger partial charge in [0, 0.05) is 72.0 Å². The Morgan fingerprint density at radius 1 is 0.250 bits per heavy atom. The number of quaternary nitrogens is 4. The normalized spacial score (nSPS) is 23.7.